The van der Waals surface area contributed by atoms with Crippen LogP contribution in [0.5, 0.6) is 5.75 Å². The largest absolute Gasteiger partial charge is 0.493 e. The van der Waals surface area contributed by atoms with Crippen LogP contribution in [0, 0.1) is 0 Å². The molecule has 0 bridgehead atoms. The fourth-order valence-corrected chi connectivity index (χ4v) is 3.47. The van der Waals surface area contributed by atoms with E-state index < -0.39 is 0 Å². The Morgan fingerprint density at radius 3 is 2.81 bits per heavy atom. The Labute approximate surface area is 185 Å². The summed E-state index contributed by atoms with van der Waals surface area (Å²) < 4.78 is 7.37. The normalized spacial score (nSPS) is 15.3. The van der Waals surface area contributed by atoms with E-state index in [2.05, 4.69) is 38.9 Å². The standard InChI is InChI=1S/C21H24N6O2.CH2O2/c1-4-29-19-11-18-15(12-27(3)26-18)10-16(19)21(28)23-20-6-5-17(24-25-20)14-7-8-22-13(2)9-14;2-1-3/h5-6,9-13,22H,4,7-8H2,1-3H3,(H,23,25,28);1H,(H,2,3). The van der Waals surface area contributed by atoms with Crippen molar-refractivity contribution in [1.82, 2.24) is 25.3 Å². The molecule has 1 amide bonds. The summed E-state index contributed by atoms with van der Waals surface area (Å²) in [4.78, 5) is 21.2. The van der Waals surface area contributed by atoms with Crippen LogP contribution in [0.2, 0.25) is 0 Å². The van der Waals surface area contributed by atoms with Gasteiger partial charge in [0.1, 0.15) is 5.75 Å². The number of hydrogen-bond acceptors (Lipinski definition) is 7. The number of nitrogens with zero attached hydrogens (tertiary/aromatic N) is 4. The molecule has 1 aliphatic heterocycles. The molecular weight excluding hydrogens is 412 g/mol. The zero-order valence-electron chi connectivity index (χ0n) is 18.2. The van der Waals surface area contributed by atoms with Gasteiger partial charge < -0.3 is 20.5 Å². The number of rotatable bonds is 5. The minimum atomic E-state index is -0.295. The van der Waals surface area contributed by atoms with Crippen LogP contribution in [0.15, 0.2) is 36.5 Å². The lowest BCUT2D eigenvalue weighted by atomic mass is 10.0. The summed E-state index contributed by atoms with van der Waals surface area (Å²) in [6.07, 6.45) is 4.93. The number of fused-ring (bicyclic) bond motifs is 1. The monoisotopic (exact) mass is 438 g/mol. The summed E-state index contributed by atoms with van der Waals surface area (Å²) in [5.41, 5.74) is 3.22. The molecule has 0 saturated heterocycles. The van der Waals surface area contributed by atoms with Crippen LogP contribution >= 0.6 is 0 Å². The summed E-state index contributed by atoms with van der Waals surface area (Å²) in [5.74, 6) is 0.598. The van der Waals surface area contributed by atoms with Crippen molar-refractivity contribution in [2.75, 3.05) is 18.5 Å². The van der Waals surface area contributed by atoms with Gasteiger partial charge in [-0.1, -0.05) is 6.08 Å². The highest BCUT2D eigenvalue weighted by molar-refractivity contribution is 6.08. The van der Waals surface area contributed by atoms with Crippen molar-refractivity contribution in [2.24, 2.45) is 7.05 Å². The van der Waals surface area contributed by atoms with Gasteiger partial charge in [0.25, 0.3) is 12.4 Å². The third-order valence-electron chi connectivity index (χ3n) is 4.81. The molecule has 0 spiro atoms. The van der Waals surface area contributed by atoms with E-state index >= 15 is 0 Å². The van der Waals surface area contributed by atoms with Gasteiger partial charge in [0.05, 0.1) is 23.4 Å². The van der Waals surface area contributed by atoms with Crippen molar-refractivity contribution in [2.45, 2.75) is 26.3 Å². The Balaban J connectivity index is 0.000000913. The van der Waals surface area contributed by atoms with E-state index in [0.29, 0.717) is 29.8 Å². The van der Waals surface area contributed by atoms with Crippen LogP contribution in [0.1, 0.15) is 36.3 Å². The predicted octanol–water partition coefficient (Wildman–Crippen LogP) is 2.48. The highest BCUT2D eigenvalue weighted by Crippen LogP contribution is 2.26. The van der Waals surface area contributed by atoms with E-state index in [1.54, 1.807) is 22.9 Å². The van der Waals surface area contributed by atoms with E-state index in [9.17, 15) is 4.79 Å². The van der Waals surface area contributed by atoms with Gasteiger partial charge in [-0.15, -0.1) is 10.2 Å². The molecule has 32 heavy (non-hydrogen) atoms. The minimum absolute atomic E-state index is 0.250. The van der Waals surface area contributed by atoms with Gasteiger partial charge in [0, 0.05) is 30.7 Å². The second kappa shape index (κ2) is 10.5. The smallest absolute Gasteiger partial charge is 0.290 e. The molecule has 3 N–H and O–H groups in total. The molecule has 10 heteroatoms. The first-order chi connectivity index (χ1) is 15.4. The van der Waals surface area contributed by atoms with Crippen LogP contribution in [0.3, 0.4) is 0 Å². The molecule has 1 unspecified atom stereocenters. The number of aromatic nitrogens is 4. The number of amides is 1. The van der Waals surface area contributed by atoms with Crippen LogP contribution in [0.25, 0.3) is 16.5 Å². The van der Waals surface area contributed by atoms with E-state index in [-0.39, 0.29) is 12.4 Å². The number of carbonyl (C=O) groups excluding carboxylic acids is 1. The number of ether oxygens (including phenoxy) is 1. The lowest BCUT2D eigenvalue weighted by molar-refractivity contribution is -0.122. The van der Waals surface area contributed by atoms with E-state index in [1.165, 1.54) is 5.57 Å². The zero-order chi connectivity index (χ0) is 23.1. The Kier molecular flexibility index (Phi) is 7.50. The maximum absolute atomic E-state index is 12.9. The summed E-state index contributed by atoms with van der Waals surface area (Å²) >= 11 is 0. The van der Waals surface area contributed by atoms with E-state index in [4.69, 9.17) is 14.6 Å². The number of carboxylic acid groups (broad SMARTS) is 1. The SMILES string of the molecule is CCOc1cc2nn(C)cc2cc1C(=O)Nc1ccc(C2=CC(C)NCC2)nn1.O=CO. The molecule has 1 atom stereocenters. The van der Waals surface area contributed by atoms with Crippen molar-refractivity contribution >= 4 is 34.7 Å². The van der Waals surface area contributed by atoms with Gasteiger partial charge in [-0.25, -0.2) is 0 Å². The average molecular weight is 438 g/mol. The van der Waals surface area contributed by atoms with Gasteiger partial charge in [-0.2, -0.15) is 5.10 Å². The first-order valence-electron chi connectivity index (χ1n) is 10.2. The Morgan fingerprint density at radius 1 is 1.38 bits per heavy atom. The van der Waals surface area contributed by atoms with Crippen LogP contribution in [0.4, 0.5) is 5.82 Å². The summed E-state index contributed by atoms with van der Waals surface area (Å²) in [7, 11) is 1.84. The van der Waals surface area contributed by atoms with Crippen molar-refractivity contribution in [1.29, 1.82) is 0 Å². The summed E-state index contributed by atoms with van der Waals surface area (Å²) in [6, 6.07) is 7.55. The van der Waals surface area contributed by atoms with Gasteiger partial charge in [-0.3, -0.25) is 14.3 Å². The molecule has 0 radical (unpaired) electrons. The molecule has 0 saturated carbocycles. The number of anilines is 1. The topological polar surface area (TPSA) is 131 Å². The molecule has 1 aliphatic rings. The number of carbonyl (C=O) groups is 2. The Hall–Kier alpha value is -3.79. The van der Waals surface area contributed by atoms with Crippen molar-refractivity contribution in [3.05, 3.63) is 47.8 Å². The van der Waals surface area contributed by atoms with Crippen LogP contribution in [-0.4, -0.2) is 56.7 Å². The third-order valence-corrected chi connectivity index (χ3v) is 4.81. The Bertz CT molecular complexity index is 1120. The number of hydrogen-bond donors (Lipinski definition) is 3. The molecule has 10 nitrogen and oxygen atoms in total. The van der Waals surface area contributed by atoms with Gasteiger partial charge in [0.2, 0.25) is 0 Å². The quantitative estimate of drug-likeness (QED) is 0.518. The first kappa shape index (κ1) is 22.9. The van der Waals surface area contributed by atoms with Crippen molar-refractivity contribution < 1.29 is 19.4 Å². The van der Waals surface area contributed by atoms with Gasteiger partial charge >= 0.3 is 0 Å². The second-order valence-corrected chi connectivity index (χ2v) is 7.19. The fourth-order valence-electron chi connectivity index (χ4n) is 3.47. The van der Waals surface area contributed by atoms with Gasteiger partial charge in [-0.05, 0) is 50.6 Å². The van der Waals surface area contributed by atoms with E-state index in [0.717, 1.165) is 29.6 Å². The van der Waals surface area contributed by atoms with E-state index in [1.807, 2.05) is 26.2 Å². The molecule has 3 heterocycles. The molecule has 2 aromatic heterocycles. The predicted molar refractivity (Wildman–Crippen MR) is 121 cm³/mol. The molecule has 0 fully saturated rings. The third kappa shape index (κ3) is 5.46. The first-order valence-corrected chi connectivity index (χ1v) is 10.2. The summed E-state index contributed by atoms with van der Waals surface area (Å²) in [6.45, 7) is 5.11. The lowest BCUT2D eigenvalue weighted by Gasteiger charge is -2.18. The maximum atomic E-state index is 12.9. The van der Waals surface area contributed by atoms with Crippen molar-refractivity contribution in [3.8, 4) is 5.75 Å². The zero-order valence-corrected chi connectivity index (χ0v) is 18.2. The van der Waals surface area contributed by atoms with Gasteiger partial charge in [0.15, 0.2) is 5.82 Å². The maximum Gasteiger partial charge on any atom is 0.290 e. The average Bonchev–Trinajstić information content (AvgIpc) is 3.13. The molecule has 1 aromatic carbocycles. The van der Waals surface area contributed by atoms with Crippen LogP contribution < -0.4 is 15.4 Å². The number of aryl methyl sites for hydroxylation is 1. The van der Waals surface area contributed by atoms with Crippen LogP contribution in [-0.2, 0) is 11.8 Å². The molecule has 0 aliphatic carbocycles. The number of benzene rings is 1. The second-order valence-electron chi connectivity index (χ2n) is 7.19. The highest BCUT2D eigenvalue weighted by Gasteiger charge is 2.17. The molecule has 4 rings (SSSR count). The molecule has 168 valence electrons. The minimum Gasteiger partial charge on any atom is -0.493 e. The van der Waals surface area contributed by atoms with Crippen molar-refractivity contribution in [3.63, 3.8) is 0 Å². The lowest BCUT2D eigenvalue weighted by Crippen LogP contribution is -2.29. The Morgan fingerprint density at radius 2 is 2.16 bits per heavy atom. The highest BCUT2D eigenvalue weighted by atomic mass is 16.5. The fraction of sp³-hybridized carbons (Fsp3) is 0.318. The summed E-state index contributed by atoms with van der Waals surface area (Å²) in [5, 5.41) is 26.8. The molecule has 3 aromatic rings. The number of nitrogens with one attached hydrogen (secondary N) is 2. The molecular formula is C22H26N6O4.